The Morgan fingerprint density at radius 1 is 1.03 bits per heavy atom. The molecule has 0 unspecified atom stereocenters. The number of carbonyl (C=O) groups excluding carboxylic acids is 3. The van der Waals surface area contributed by atoms with Gasteiger partial charge < -0.3 is 15.4 Å². The van der Waals surface area contributed by atoms with E-state index < -0.39 is 5.91 Å². The Balaban J connectivity index is 1.53. The number of anilines is 1. The van der Waals surface area contributed by atoms with Crippen LogP contribution in [0, 0.1) is 0 Å². The summed E-state index contributed by atoms with van der Waals surface area (Å²) in [5, 5.41) is 4.39. The number of hydrogen-bond donors (Lipinski definition) is 1. The zero-order valence-electron chi connectivity index (χ0n) is 18.5. The normalized spacial score (nSPS) is 16.3. The Morgan fingerprint density at radius 3 is 2.21 bits per heavy atom. The second kappa shape index (κ2) is 7.58. The first-order valence-electron chi connectivity index (χ1n) is 10.9. The van der Waals surface area contributed by atoms with E-state index in [4.69, 9.17) is 10.5 Å². The molecule has 1 saturated carbocycles. The van der Waals surface area contributed by atoms with Crippen LogP contribution in [0.3, 0.4) is 0 Å². The topological polar surface area (TPSA) is 108 Å². The van der Waals surface area contributed by atoms with Gasteiger partial charge in [-0.05, 0) is 68.1 Å². The second-order valence-corrected chi connectivity index (χ2v) is 8.54. The number of benzene rings is 2. The first-order chi connectivity index (χ1) is 15.9. The largest absolute Gasteiger partial charge is 0.497 e. The molecule has 33 heavy (non-hydrogen) atoms. The molecular formula is C25H24N4O4. The molecule has 0 radical (unpaired) electrons. The molecule has 0 saturated heterocycles. The number of Topliss-reactive ketones (excluding diaryl/α,β-unsaturated/α-hetero) is 1. The number of ketones is 1. The van der Waals surface area contributed by atoms with Crippen LogP contribution < -0.4 is 15.4 Å². The standard InChI is InChI=1S/C25H24N4O4/c1-15(30)25(12-13-25)16-3-5-17(6-4-16)28-14-11-20-21(23(26)31)27-29(22(20)24(28)32)18-7-9-19(33-2)10-8-18/h3-10H,11-14H2,1-2H3,(H2,26,31). The highest BCUT2D eigenvalue weighted by Gasteiger charge is 2.48. The minimum absolute atomic E-state index is 0.112. The minimum atomic E-state index is -0.664. The Hall–Kier alpha value is -3.94. The molecule has 5 rings (SSSR count). The molecule has 2 heterocycles. The molecule has 3 aromatic rings. The molecule has 0 spiro atoms. The van der Waals surface area contributed by atoms with Crippen LogP contribution in [0.4, 0.5) is 5.69 Å². The predicted molar refractivity (Wildman–Crippen MR) is 122 cm³/mol. The molecule has 2 amide bonds. The van der Waals surface area contributed by atoms with E-state index in [1.54, 1.807) is 43.2 Å². The molecule has 2 aromatic carbocycles. The summed E-state index contributed by atoms with van der Waals surface area (Å²) >= 11 is 0. The van der Waals surface area contributed by atoms with Gasteiger partial charge in [-0.25, -0.2) is 4.68 Å². The van der Waals surface area contributed by atoms with Crippen LogP contribution in [0.5, 0.6) is 5.75 Å². The van der Waals surface area contributed by atoms with Crippen molar-refractivity contribution in [2.45, 2.75) is 31.6 Å². The lowest BCUT2D eigenvalue weighted by molar-refractivity contribution is -0.119. The fourth-order valence-corrected chi connectivity index (χ4v) is 4.64. The Kier molecular flexibility index (Phi) is 4.81. The second-order valence-electron chi connectivity index (χ2n) is 8.54. The molecular weight excluding hydrogens is 420 g/mol. The molecule has 1 fully saturated rings. The lowest BCUT2D eigenvalue weighted by atomic mass is 9.92. The Morgan fingerprint density at radius 2 is 1.67 bits per heavy atom. The van der Waals surface area contributed by atoms with Crippen LogP contribution in [0.1, 0.15) is 51.9 Å². The van der Waals surface area contributed by atoms with E-state index in [0.29, 0.717) is 35.7 Å². The smallest absolute Gasteiger partial charge is 0.277 e. The molecule has 168 valence electrons. The number of amides is 2. The monoisotopic (exact) mass is 444 g/mol. The van der Waals surface area contributed by atoms with Gasteiger partial charge in [-0.3, -0.25) is 14.4 Å². The molecule has 1 aliphatic carbocycles. The molecule has 8 nitrogen and oxygen atoms in total. The lowest BCUT2D eigenvalue weighted by Crippen LogP contribution is -2.39. The average Bonchev–Trinajstić information content (AvgIpc) is 3.54. The molecule has 2 N–H and O–H groups in total. The maximum absolute atomic E-state index is 13.6. The number of rotatable bonds is 6. The van der Waals surface area contributed by atoms with Gasteiger partial charge in [0.2, 0.25) is 0 Å². The van der Waals surface area contributed by atoms with E-state index in [9.17, 15) is 14.4 Å². The summed E-state index contributed by atoms with van der Waals surface area (Å²) in [5.74, 6) is -0.0751. The van der Waals surface area contributed by atoms with Crippen molar-refractivity contribution in [3.05, 3.63) is 71.0 Å². The summed E-state index contributed by atoms with van der Waals surface area (Å²) in [7, 11) is 1.57. The van der Waals surface area contributed by atoms with E-state index in [1.807, 2.05) is 24.3 Å². The number of aromatic nitrogens is 2. The predicted octanol–water partition coefficient (Wildman–Crippen LogP) is 2.80. The Labute approximate surface area is 190 Å². The first-order valence-corrected chi connectivity index (χ1v) is 10.9. The van der Waals surface area contributed by atoms with Gasteiger partial charge >= 0.3 is 0 Å². The number of carbonyl (C=O) groups is 3. The van der Waals surface area contributed by atoms with E-state index >= 15 is 0 Å². The van der Waals surface area contributed by atoms with Gasteiger partial charge in [0, 0.05) is 17.8 Å². The van der Waals surface area contributed by atoms with E-state index in [2.05, 4.69) is 5.10 Å². The molecule has 1 aromatic heterocycles. The van der Waals surface area contributed by atoms with Gasteiger partial charge in [0.1, 0.15) is 17.2 Å². The van der Waals surface area contributed by atoms with Crippen molar-refractivity contribution in [2.24, 2.45) is 5.73 Å². The highest BCUT2D eigenvalue weighted by Crippen LogP contribution is 2.49. The molecule has 1 aliphatic heterocycles. The SMILES string of the molecule is COc1ccc(-n2nc(C(N)=O)c3c2C(=O)N(c2ccc(C4(C(C)=O)CC4)cc2)CC3)cc1. The third-order valence-electron chi connectivity index (χ3n) is 6.72. The van der Waals surface area contributed by atoms with E-state index in [1.165, 1.54) is 4.68 Å². The van der Waals surface area contributed by atoms with Crippen molar-refractivity contribution in [3.63, 3.8) is 0 Å². The van der Waals surface area contributed by atoms with Crippen molar-refractivity contribution in [2.75, 3.05) is 18.6 Å². The van der Waals surface area contributed by atoms with Gasteiger partial charge in [0.25, 0.3) is 11.8 Å². The van der Waals surface area contributed by atoms with Crippen LogP contribution in [0.15, 0.2) is 48.5 Å². The summed E-state index contributed by atoms with van der Waals surface area (Å²) in [5.41, 5.74) is 8.55. The summed E-state index contributed by atoms with van der Waals surface area (Å²) in [6, 6.07) is 14.7. The summed E-state index contributed by atoms with van der Waals surface area (Å²) in [6.07, 6.45) is 2.18. The van der Waals surface area contributed by atoms with Crippen molar-refractivity contribution in [1.29, 1.82) is 0 Å². The lowest BCUT2D eigenvalue weighted by Gasteiger charge is -2.28. The van der Waals surface area contributed by atoms with Gasteiger partial charge in [-0.1, -0.05) is 12.1 Å². The number of nitrogens with two attached hydrogens (primary N) is 1. The summed E-state index contributed by atoms with van der Waals surface area (Å²) < 4.78 is 6.69. The fraction of sp³-hybridized carbons (Fsp3) is 0.280. The van der Waals surface area contributed by atoms with Gasteiger partial charge in [-0.15, -0.1) is 0 Å². The van der Waals surface area contributed by atoms with Gasteiger partial charge in [0.15, 0.2) is 5.69 Å². The third kappa shape index (κ3) is 3.29. The van der Waals surface area contributed by atoms with E-state index in [-0.39, 0.29) is 22.8 Å². The van der Waals surface area contributed by atoms with Crippen LogP contribution in [0.25, 0.3) is 5.69 Å². The average molecular weight is 444 g/mol. The molecule has 8 heteroatoms. The Bertz CT molecular complexity index is 1270. The van der Waals surface area contributed by atoms with Gasteiger partial charge in [0.05, 0.1) is 18.2 Å². The summed E-state index contributed by atoms with van der Waals surface area (Å²) in [4.78, 5) is 39.4. The number of ether oxygens (including phenoxy) is 1. The molecule has 2 aliphatic rings. The zero-order valence-corrected chi connectivity index (χ0v) is 18.5. The zero-order chi connectivity index (χ0) is 23.3. The first kappa shape index (κ1) is 20.9. The molecule has 0 bridgehead atoms. The van der Waals surface area contributed by atoms with Gasteiger partial charge in [-0.2, -0.15) is 5.10 Å². The number of methoxy groups -OCH3 is 1. The van der Waals surface area contributed by atoms with Crippen LogP contribution >= 0.6 is 0 Å². The van der Waals surface area contributed by atoms with Crippen molar-refractivity contribution < 1.29 is 19.1 Å². The van der Waals surface area contributed by atoms with E-state index in [0.717, 1.165) is 24.1 Å². The third-order valence-corrected chi connectivity index (χ3v) is 6.72. The number of primary amides is 1. The van der Waals surface area contributed by atoms with Crippen LogP contribution in [0.2, 0.25) is 0 Å². The van der Waals surface area contributed by atoms with Crippen LogP contribution in [-0.4, -0.2) is 41.0 Å². The number of fused-ring (bicyclic) bond motifs is 1. The van der Waals surface area contributed by atoms with Crippen LogP contribution in [-0.2, 0) is 16.6 Å². The fourth-order valence-electron chi connectivity index (χ4n) is 4.64. The number of hydrogen-bond acceptors (Lipinski definition) is 5. The van der Waals surface area contributed by atoms with Crippen molar-refractivity contribution >= 4 is 23.3 Å². The quantitative estimate of drug-likeness (QED) is 0.629. The highest BCUT2D eigenvalue weighted by molar-refractivity contribution is 6.09. The van der Waals surface area contributed by atoms with Crippen molar-refractivity contribution in [3.8, 4) is 11.4 Å². The van der Waals surface area contributed by atoms with Crippen molar-refractivity contribution in [1.82, 2.24) is 9.78 Å². The maximum Gasteiger partial charge on any atom is 0.277 e. The minimum Gasteiger partial charge on any atom is -0.497 e. The number of nitrogens with zero attached hydrogens (tertiary/aromatic N) is 3. The molecule has 0 atom stereocenters. The maximum atomic E-state index is 13.6. The summed E-state index contributed by atoms with van der Waals surface area (Å²) in [6.45, 7) is 2.03. The highest BCUT2D eigenvalue weighted by atomic mass is 16.5.